The van der Waals surface area contributed by atoms with E-state index in [9.17, 15) is 15.0 Å². The smallest absolute Gasteiger partial charge is 0.222 e. The minimum absolute atomic E-state index is 0.0571. The van der Waals surface area contributed by atoms with Gasteiger partial charge in [0.2, 0.25) is 5.91 Å². The van der Waals surface area contributed by atoms with Crippen LogP contribution in [0.3, 0.4) is 0 Å². The highest BCUT2D eigenvalue weighted by Crippen LogP contribution is 2.13. The van der Waals surface area contributed by atoms with Crippen LogP contribution in [-0.4, -0.2) is 46.3 Å². The number of nitrogens with zero attached hydrogens (tertiary/aromatic N) is 1. The molecule has 15 heavy (non-hydrogen) atoms. The zero-order valence-electron chi connectivity index (χ0n) is 9.35. The highest BCUT2D eigenvalue weighted by molar-refractivity contribution is 5.76. The molecule has 0 aromatic rings. The molecule has 1 saturated heterocycles. The summed E-state index contributed by atoms with van der Waals surface area (Å²) in [4.78, 5) is 13.2. The second kappa shape index (κ2) is 6.08. The number of aliphatic hydroxyl groups excluding tert-OH is 2. The number of likely N-dealkylation sites (tertiary alicyclic amines) is 1. The highest BCUT2D eigenvalue weighted by atomic mass is 16.3. The molecule has 1 rings (SSSR count). The van der Waals surface area contributed by atoms with Gasteiger partial charge in [-0.05, 0) is 6.42 Å². The van der Waals surface area contributed by atoms with Gasteiger partial charge in [0.25, 0.3) is 0 Å². The van der Waals surface area contributed by atoms with Crippen LogP contribution in [0.2, 0.25) is 0 Å². The van der Waals surface area contributed by atoms with Crippen molar-refractivity contribution in [3.63, 3.8) is 0 Å². The topological polar surface area (TPSA) is 60.8 Å². The first-order chi connectivity index (χ1) is 7.15. The van der Waals surface area contributed by atoms with Crippen molar-refractivity contribution in [3.8, 4) is 0 Å². The molecule has 0 bridgehead atoms. The fourth-order valence-electron chi connectivity index (χ4n) is 1.83. The van der Waals surface area contributed by atoms with Crippen LogP contribution in [0.25, 0.3) is 0 Å². The lowest BCUT2D eigenvalue weighted by Gasteiger charge is -2.14. The summed E-state index contributed by atoms with van der Waals surface area (Å²) in [5.41, 5.74) is 0. The standard InChI is InChI=1S/C11H21NO3/c1-2-3-4-5-6-11(15)12-7-9(13)10(14)8-12/h9-10,13-14H,2-8H2,1H3. The SMILES string of the molecule is CCCCCCC(=O)N1CC(O)C(O)C1. The van der Waals surface area contributed by atoms with Crippen LogP contribution in [0, 0.1) is 0 Å². The number of hydrogen-bond donors (Lipinski definition) is 2. The van der Waals surface area contributed by atoms with Gasteiger partial charge in [0.15, 0.2) is 0 Å². The molecule has 0 saturated carbocycles. The van der Waals surface area contributed by atoms with Crippen molar-refractivity contribution in [1.29, 1.82) is 0 Å². The van der Waals surface area contributed by atoms with Crippen LogP contribution < -0.4 is 0 Å². The summed E-state index contributed by atoms with van der Waals surface area (Å²) >= 11 is 0. The summed E-state index contributed by atoms with van der Waals surface area (Å²) in [5.74, 6) is 0.0571. The van der Waals surface area contributed by atoms with Crippen molar-refractivity contribution in [2.45, 2.75) is 51.2 Å². The monoisotopic (exact) mass is 215 g/mol. The molecule has 0 aliphatic carbocycles. The Kier molecular flexibility index (Phi) is 5.05. The van der Waals surface area contributed by atoms with E-state index in [4.69, 9.17) is 0 Å². The first-order valence-corrected chi connectivity index (χ1v) is 5.79. The molecule has 0 aromatic carbocycles. The number of amides is 1. The number of carbonyl (C=O) groups is 1. The van der Waals surface area contributed by atoms with Gasteiger partial charge >= 0.3 is 0 Å². The quantitative estimate of drug-likeness (QED) is 0.657. The van der Waals surface area contributed by atoms with Gasteiger partial charge in [-0.3, -0.25) is 4.79 Å². The molecule has 88 valence electrons. The second-order valence-corrected chi connectivity index (χ2v) is 4.24. The van der Waals surface area contributed by atoms with Gasteiger partial charge in [-0.2, -0.15) is 0 Å². The minimum atomic E-state index is -0.760. The maximum absolute atomic E-state index is 11.6. The van der Waals surface area contributed by atoms with Crippen LogP contribution in [0.15, 0.2) is 0 Å². The van der Waals surface area contributed by atoms with E-state index in [1.165, 1.54) is 6.42 Å². The van der Waals surface area contributed by atoms with Crippen molar-refractivity contribution in [1.82, 2.24) is 4.90 Å². The van der Waals surface area contributed by atoms with Crippen LogP contribution in [-0.2, 0) is 4.79 Å². The summed E-state index contributed by atoms with van der Waals surface area (Å²) < 4.78 is 0. The van der Waals surface area contributed by atoms with Crippen molar-refractivity contribution in [3.05, 3.63) is 0 Å². The summed E-state index contributed by atoms with van der Waals surface area (Å²) in [6, 6.07) is 0. The lowest BCUT2D eigenvalue weighted by molar-refractivity contribution is -0.130. The fraction of sp³-hybridized carbons (Fsp3) is 0.909. The number of carbonyl (C=O) groups excluding carboxylic acids is 1. The average molecular weight is 215 g/mol. The second-order valence-electron chi connectivity index (χ2n) is 4.24. The molecule has 0 spiro atoms. The third-order valence-corrected chi connectivity index (χ3v) is 2.86. The van der Waals surface area contributed by atoms with E-state index in [0.29, 0.717) is 6.42 Å². The molecular weight excluding hydrogens is 194 g/mol. The Labute approximate surface area is 90.9 Å². The number of β-amino-alcohol motifs (C(OH)–C–C–N with tert-alkyl or cyclic N) is 2. The van der Waals surface area contributed by atoms with Gasteiger partial charge in [0.05, 0.1) is 12.2 Å². The maximum Gasteiger partial charge on any atom is 0.222 e. The Balaban J connectivity index is 2.18. The Morgan fingerprint density at radius 2 is 1.80 bits per heavy atom. The number of hydrogen-bond acceptors (Lipinski definition) is 3. The van der Waals surface area contributed by atoms with Crippen molar-refractivity contribution in [2.75, 3.05) is 13.1 Å². The highest BCUT2D eigenvalue weighted by Gasteiger charge is 2.31. The van der Waals surface area contributed by atoms with Crippen molar-refractivity contribution in [2.24, 2.45) is 0 Å². The molecule has 4 nitrogen and oxygen atoms in total. The first-order valence-electron chi connectivity index (χ1n) is 5.79. The predicted octanol–water partition coefficient (Wildman–Crippen LogP) is 0.521. The van der Waals surface area contributed by atoms with Crippen molar-refractivity contribution < 1.29 is 15.0 Å². The van der Waals surface area contributed by atoms with E-state index in [1.54, 1.807) is 4.90 Å². The molecule has 2 atom stereocenters. The lowest BCUT2D eigenvalue weighted by atomic mass is 10.1. The molecule has 1 heterocycles. The summed E-state index contributed by atoms with van der Waals surface area (Å²) in [6.45, 7) is 2.70. The van der Waals surface area contributed by atoms with E-state index in [-0.39, 0.29) is 19.0 Å². The predicted molar refractivity (Wildman–Crippen MR) is 57.4 cm³/mol. The Bertz CT molecular complexity index is 198. The fourth-order valence-corrected chi connectivity index (χ4v) is 1.83. The zero-order valence-corrected chi connectivity index (χ0v) is 9.35. The maximum atomic E-state index is 11.6. The van der Waals surface area contributed by atoms with E-state index in [0.717, 1.165) is 19.3 Å². The Morgan fingerprint density at radius 1 is 1.20 bits per heavy atom. The van der Waals surface area contributed by atoms with Gasteiger partial charge in [-0.15, -0.1) is 0 Å². The van der Waals surface area contributed by atoms with Gasteiger partial charge in [0, 0.05) is 19.5 Å². The third kappa shape index (κ3) is 3.80. The van der Waals surface area contributed by atoms with Gasteiger partial charge in [-0.1, -0.05) is 26.2 Å². The van der Waals surface area contributed by atoms with Gasteiger partial charge in [0.1, 0.15) is 0 Å². The molecule has 0 radical (unpaired) electrons. The number of unbranched alkanes of at least 4 members (excludes halogenated alkanes) is 3. The van der Waals surface area contributed by atoms with Gasteiger partial charge < -0.3 is 15.1 Å². The van der Waals surface area contributed by atoms with Crippen LogP contribution in [0.1, 0.15) is 39.0 Å². The third-order valence-electron chi connectivity index (χ3n) is 2.86. The van der Waals surface area contributed by atoms with Crippen molar-refractivity contribution >= 4 is 5.91 Å². The molecule has 1 aliphatic rings. The van der Waals surface area contributed by atoms with E-state index < -0.39 is 12.2 Å². The Hall–Kier alpha value is -0.610. The average Bonchev–Trinajstić information content (AvgIpc) is 2.54. The largest absolute Gasteiger partial charge is 0.388 e. The van der Waals surface area contributed by atoms with Crippen LogP contribution in [0.4, 0.5) is 0 Å². The Morgan fingerprint density at radius 3 is 2.33 bits per heavy atom. The lowest BCUT2D eigenvalue weighted by Crippen LogP contribution is -2.29. The molecule has 2 N–H and O–H groups in total. The molecular formula is C11H21NO3. The molecule has 0 aromatic heterocycles. The minimum Gasteiger partial charge on any atom is -0.388 e. The molecule has 2 unspecified atom stereocenters. The summed E-state index contributed by atoms with van der Waals surface area (Å²) in [7, 11) is 0. The summed E-state index contributed by atoms with van der Waals surface area (Å²) in [6.07, 6.45) is 3.35. The summed E-state index contributed by atoms with van der Waals surface area (Å²) in [5, 5.41) is 18.6. The van der Waals surface area contributed by atoms with E-state index in [1.807, 2.05) is 0 Å². The van der Waals surface area contributed by atoms with E-state index >= 15 is 0 Å². The molecule has 1 amide bonds. The zero-order chi connectivity index (χ0) is 11.3. The molecule has 4 heteroatoms. The number of aliphatic hydroxyl groups is 2. The molecule has 1 fully saturated rings. The van der Waals surface area contributed by atoms with Crippen LogP contribution >= 0.6 is 0 Å². The first kappa shape index (κ1) is 12.5. The van der Waals surface area contributed by atoms with Gasteiger partial charge in [-0.25, -0.2) is 0 Å². The number of rotatable bonds is 5. The normalized spacial score (nSPS) is 25.9. The molecule has 1 aliphatic heterocycles. The van der Waals surface area contributed by atoms with E-state index in [2.05, 4.69) is 6.92 Å². The van der Waals surface area contributed by atoms with Crippen LogP contribution in [0.5, 0.6) is 0 Å².